The molecule has 24 heavy (non-hydrogen) atoms. The lowest BCUT2D eigenvalue weighted by atomic mass is 10.1. The van der Waals surface area contributed by atoms with Crippen molar-refractivity contribution in [3.8, 4) is 0 Å². The van der Waals surface area contributed by atoms with Crippen LogP contribution in [0, 0.1) is 0 Å². The molecule has 0 aliphatic heterocycles. The zero-order chi connectivity index (χ0) is 16.5. The van der Waals surface area contributed by atoms with Gasteiger partial charge in [0.1, 0.15) is 5.82 Å². The predicted octanol–water partition coefficient (Wildman–Crippen LogP) is 4.22. The number of rotatable bonds is 5. The average Bonchev–Trinajstić information content (AvgIpc) is 3.30. The Bertz CT molecular complexity index is 769. The van der Waals surface area contributed by atoms with Crippen molar-refractivity contribution >= 4 is 22.9 Å². The summed E-state index contributed by atoms with van der Waals surface area (Å²) >= 11 is 1.79. The van der Waals surface area contributed by atoms with E-state index in [1.165, 1.54) is 51.4 Å². The van der Waals surface area contributed by atoms with Crippen molar-refractivity contribution in [2.75, 3.05) is 0 Å². The van der Waals surface area contributed by atoms with Gasteiger partial charge in [-0.25, -0.2) is 9.97 Å². The Balaban J connectivity index is 1.75. The van der Waals surface area contributed by atoms with Crippen molar-refractivity contribution in [3.63, 3.8) is 0 Å². The van der Waals surface area contributed by atoms with Crippen LogP contribution in [-0.2, 0) is 6.54 Å². The summed E-state index contributed by atoms with van der Waals surface area (Å²) in [4.78, 5) is 25.8. The second-order valence-electron chi connectivity index (χ2n) is 7.18. The highest BCUT2D eigenvalue weighted by Crippen LogP contribution is 2.35. The summed E-state index contributed by atoms with van der Waals surface area (Å²) in [7, 11) is 0. The zero-order valence-corrected chi connectivity index (χ0v) is 15.2. The standard InChI is InChI=1S/C18H26N4OS/c1-2-11-22-17(23)14-16(20-15(19-14)12-7-3-4-8-12)21-18(22)24-13-9-5-6-10-13/h12-13H,2-11H2,1H3,(H,19,20). The molecule has 2 saturated carbocycles. The molecule has 1 N–H and O–H groups in total. The van der Waals surface area contributed by atoms with E-state index < -0.39 is 0 Å². The Morgan fingerprint density at radius 1 is 1.12 bits per heavy atom. The fraction of sp³-hybridized carbons (Fsp3) is 0.722. The molecule has 6 heteroatoms. The second kappa shape index (κ2) is 6.90. The van der Waals surface area contributed by atoms with Crippen molar-refractivity contribution in [2.45, 2.75) is 87.6 Å². The van der Waals surface area contributed by atoms with Crippen LogP contribution in [0.2, 0.25) is 0 Å². The Labute approximate surface area is 146 Å². The lowest BCUT2D eigenvalue weighted by Crippen LogP contribution is -2.24. The van der Waals surface area contributed by atoms with E-state index in [4.69, 9.17) is 9.97 Å². The topological polar surface area (TPSA) is 63.6 Å². The van der Waals surface area contributed by atoms with Crippen LogP contribution >= 0.6 is 11.8 Å². The summed E-state index contributed by atoms with van der Waals surface area (Å²) in [6.45, 7) is 2.84. The van der Waals surface area contributed by atoms with Gasteiger partial charge in [0, 0.05) is 17.7 Å². The molecule has 4 rings (SSSR count). The van der Waals surface area contributed by atoms with Crippen LogP contribution in [0.25, 0.3) is 11.2 Å². The van der Waals surface area contributed by atoms with Crippen LogP contribution < -0.4 is 5.56 Å². The van der Waals surface area contributed by atoms with E-state index >= 15 is 0 Å². The first kappa shape index (κ1) is 16.2. The van der Waals surface area contributed by atoms with Crippen molar-refractivity contribution < 1.29 is 0 Å². The number of nitrogens with zero attached hydrogens (tertiary/aromatic N) is 3. The van der Waals surface area contributed by atoms with Gasteiger partial charge in [0.25, 0.3) is 5.56 Å². The molecular formula is C18H26N4OS. The molecule has 2 aromatic heterocycles. The zero-order valence-electron chi connectivity index (χ0n) is 14.4. The number of fused-ring (bicyclic) bond motifs is 1. The van der Waals surface area contributed by atoms with Gasteiger partial charge in [0.15, 0.2) is 16.3 Å². The lowest BCUT2D eigenvalue weighted by molar-refractivity contribution is 0.582. The second-order valence-corrected chi connectivity index (χ2v) is 8.45. The minimum atomic E-state index is 0.0547. The predicted molar refractivity (Wildman–Crippen MR) is 97.8 cm³/mol. The highest BCUT2D eigenvalue weighted by Gasteiger charge is 2.24. The van der Waals surface area contributed by atoms with Crippen molar-refractivity contribution in [1.29, 1.82) is 0 Å². The summed E-state index contributed by atoms with van der Waals surface area (Å²) in [6, 6.07) is 0. The Kier molecular flexibility index (Phi) is 4.66. The Hall–Kier alpha value is -1.30. The number of aromatic amines is 1. The first-order chi connectivity index (χ1) is 11.8. The van der Waals surface area contributed by atoms with Gasteiger partial charge in [-0.15, -0.1) is 0 Å². The molecule has 2 aliphatic carbocycles. The van der Waals surface area contributed by atoms with E-state index in [9.17, 15) is 4.79 Å². The number of hydrogen-bond donors (Lipinski definition) is 1. The molecule has 0 spiro atoms. The SMILES string of the molecule is CCCn1c(SC2CCCC2)nc2nc(C3CCCC3)[nH]c2c1=O. The van der Waals surface area contributed by atoms with Crippen LogP contribution in [0.15, 0.2) is 9.95 Å². The number of H-pyrrole nitrogens is 1. The summed E-state index contributed by atoms with van der Waals surface area (Å²) in [6.07, 6.45) is 10.9. The molecule has 0 atom stereocenters. The third-order valence-electron chi connectivity index (χ3n) is 5.36. The number of hydrogen-bond acceptors (Lipinski definition) is 4. The molecule has 0 aromatic carbocycles. The Morgan fingerprint density at radius 2 is 1.83 bits per heavy atom. The molecule has 2 aromatic rings. The van der Waals surface area contributed by atoms with Crippen molar-refractivity contribution in [1.82, 2.24) is 19.5 Å². The summed E-state index contributed by atoms with van der Waals surface area (Å²) < 4.78 is 1.86. The number of nitrogens with one attached hydrogen (secondary N) is 1. The van der Waals surface area contributed by atoms with Gasteiger partial charge >= 0.3 is 0 Å². The minimum absolute atomic E-state index is 0.0547. The largest absolute Gasteiger partial charge is 0.336 e. The summed E-state index contributed by atoms with van der Waals surface area (Å²) in [5.41, 5.74) is 1.27. The lowest BCUT2D eigenvalue weighted by Gasteiger charge is -2.13. The van der Waals surface area contributed by atoms with Crippen LogP contribution in [0.5, 0.6) is 0 Å². The average molecular weight is 347 g/mol. The van der Waals surface area contributed by atoms with Crippen molar-refractivity contribution in [3.05, 3.63) is 16.2 Å². The quantitative estimate of drug-likeness (QED) is 0.823. The van der Waals surface area contributed by atoms with E-state index in [-0.39, 0.29) is 5.56 Å². The minimum Gasteiger partial charge on any atom is -0.336 e. The van der Waals surface area contributed by atoms with Gasteiger partial charge in [0.2, 0.25) is 0 Å². The molecule has 0 saturated heterocycles. The van der Waals surface area contributed by atoms with E-state index in [0.717, 1.165) is 23.9 Å². The summed E-state index contributed by atoms with van der Waals surface area (Å²) in [5.74, 6) is 1.45. The smallest absolute Gasteiger partial charge is 0.280 e. The van der Waals surface area contributed by atoms with Gasteiger partial charge in [-0.2, -0.15) is 0 Å². The molecular weight excluding hydrogens is 320 g/mol. The maximum absolute atomic E-state index is 13.0. The molecule has 0 amide bonds. The van der Waals surface area contributed by atoms with Crippen LogP contribution in [-0.4, -0.2) is 24.8 Å². The molecule has 0 unspecified atom stereocenters. The Morgan fingerprint density at radius 3 is 2.54 bits per heavy atom. The molecule has 2 heterocycles. The van der Waals surface area contributed by atoms with E-state index in [2.05, 4.69) is 11.9 Å². The highest BCUT2D eigenvalue weighted by molar-refractivity contribution is 7.99. The van der Waals surface area contributed by atoms with Gasteiger partial charge in [-0.3, -0.25) is 9.36 Å². The van der Waals surface area contributed by atoms with Crippen LogP contribution in [0.4, 0.5) is 0 Å². The van der Waals surface area contributed by atoms with E-state index in [1.807, 2.05) is 4.57 Å². The van der Waals surface area contributed by atoms with Gasteiger partial charge in [-0.05, 0) is 32.1 Å². The normalized spacial score (nSPS) is 19.7. The molecule has 130 valence electrons. The molecule has 2 fully saturated rings. The van der Waals surface area contributed by atoms with E-state index in [1.54, 1.807) is 11.8 Å². The number of imidazole rings is 1. The van der Waals surface area contributed by atoms with Gasteiger partial charge < -0.3 is 4.98 Å². The molecule has 5 nitrogen and oxygen atoms in total. The fourth-order valence-electron chi connectivity index (χ4n) is 4.04. The monoisotopic (exact) mass is 346 g/mol. The molecule has 0 bridgehead atoms. The van der Waals surface area contributed by atoms with Crippen LogP contribution in [0.3, 0.4) is 0 Å². The maximum Gasteiger partial charge on any atom is 0.280 e. The third-order valence-corrected chi connectivity index (χ3v) is 6.69. The van der Waals surface area contributed by atoms with Crippen molar-refractivity contribution in [2.24, 2.45) is 0 Å². The maximum atomic E-state index is 13.0. The summed E-state index contributed by atoms with van der Waals surface area (Å²) in [5, 5.41) is 1.47. The first-order valence-corrected chi connectivity index (χ1v) is 10.3. The van der Waals surface area contributed by atoms with Gasteiger partial charge in [0.05, 0.1) is 0 Å². The van der Waals surface area contributed by atoms with Gasteiger partial charge in [-0.1, -0.05) is 44.4 Å². The third kappa shape index (κ3) is 3.01. The van der Waals surface area contributed by atoms with E-state index in [0.29, 0.717) is 22.3 Å². The molecule has 2 aliphatic rings. The molecule has 0 radical (unpaired) electrons. The van der Waals surface area contributed by atoms with Crippen LogP contribution in [0.1, 0.15) is 76.5 Å². The number of aromatic nitrogens is 4. The highest BCUT2D eigenvalue weighted by atomic mass is 32.2. The number of thioether (sulfide) groups is 1. The first-order valence-electron chi connectivity index (χ1n) is 9.43. The fourth-order valence-corrected chi connectivity index (χ4v) is 5.35.